The van der Waals surface area contributed by atoms with Gasteiger partial charge in [0.25, 0.3) is 0 Å². The summed E-state index contributed by atoms with van der Waals surface area (Å²) in [6.45, 7) is 0. The smallest absolute Gasteiger partial charge is 0.351 e. The summed E-state index contributed by atoms with van der Waals surface area (Å²) in [4.78, 5) is 46.8. The molecule has 10 heteroatoms. The predicted molar refractivity (Wildman–Crippen MR) is 75.1 cm³/mol. The van der Waals surface area contributed by atoms with Crippen LogP contribution in [-0.4, -0.2) is 62.6 Å². The average molecular weight is 326 g/mol. The summed E-state index contributed by atoms with van der Waals surface area (Å²) in [5.74, 6) is -5.33. The molecule has 0 bridgehead atoms. The first kappa shape index (κ1) is 17.9. The molecule has 0 saturated heterocycles. The Hall–Kier alpha value is -3.17. The molecule has 0 radical (unpaired) electrons. The van der Waals surface area contributed by atoms with E-state index in [2.05, 4.69) is 10.3 Å². The Morgan fingerprint density at radius 3 is 2.39 bits per heavy atom. The molecule has 23 heavy (non-hydrogen) atoms. The second-order valence-electron chi connectivity index (χ2n) is 4.59. The highest BCUT2D eigenvalue weighted by Gasteiger charge is 2.26. The lowest BCUT2D eigenvalue weighted by molar-refractivity contribution is -0.144. The van der Waals surface area contributed by atoms with Crippen molar-refractivity contribution in [1.82, 2.24) is 5.32 Å². The lowest BCUT2D eigenvalue weighted by Crippen LogP contribution is -2.41. The van der Waals surface area contributed by atoms with E-state index in [9.17, 15) is 19.2 Å². The monoisotopic (exact) mass is 326 g/mol. The Balaban J connectivity index is 2.95. The topological polar surface area (TPSA) is 174 Å². The van der Waals surface area contributed by atoms with Gasteiger partial charge in [-0.2, -0.15) is 0 Å². The van der Waals surface area contributed by atoms with E-state index in [4.69, 9.17) is 20.4 Å². The van der Waals surface area contributed by atoms with Crippen LogP contribution in [0.15, 0.2) is 28.4 Å². The van der Waals surface area contributed by atoms with E-state index < -0.39 is 42.4 Å². The van der Waals surface area contributed by atoms with E-state index in [1.54, 1.807) is 0 Å². The number of rotatable bonds is 7. The molecular weight excluding hydrogens is 312 g/mol. The minimum absolute atomic E-state index is 0.0329. The maximum atomic E-state index is 11.0. The molecule has 0 saturated carbocycles. The summed E-state index contributed by atoms with van der Waals surface area (Å²) >= 11 is 0. The van der Waals surface area contributed by atoms with Crippen LogP contribution < -0.4 is 5.32 Å². The molecule has 0 amide bonds. The Morgan fingerprint density at radius 1 is 1.26 bits per heavy atom. The Labute approximate surface area is 129 Å². The van der Waals surface area contributed by atoms with Crippen molar-refractivity contribution in [2.75, 3.05) is 0 Å². The fourth-order valence-electron chi connectivity index (χ4n) is 1.76. The Bertz CT molecular complexity index is 619. The number of allylic oxidation sites excluding steroid dienone is 2. The van der Waals surface area contributed by atoms with Crippen molar-refractivity contribution in [3.63, 3.8) is 0 Å². The number of hydrogen-bond donors (Lipinski definition) is 5. The number of nitrogens with zero attached hydrogens (tertiary/aromatic N) is 1. The van der Waals surface area contributed by atoms with E-state index in [-0.39, 0.29) is 12.1 Å². The molecule has 1 aliphatic heterocycles. The third-order valence-corrected chi connectivity index (χ3v) is 2.84. The van der Waals surface area contributed by atoms with Gasteiger partial charge in [0.15, 0.2) is 6.04 Å². The van der Waals surface area contributed by atoms with Crippen LogP contribution in [0.25, 0.3) is 0 Å². The Morgan fingerprint density at radius 2 is 1.91 bits per heavy atom. The zero-order valence-electron chi connectivity index (χ0n) is 11.7. The maximum absolute atomic E-state index is 11.0. The van der Waals surface area contributed by atoms with Crippen LogP contribution in [-0.2, 0) is 19.2 Å². The van der Waals surface area contributed by atoms with Crippen LogP contribution >= 0.6 is 0 Å². The summed E-state index contributed by atoms with van der Waals surface area (Å²) in [5.41, 5.74) is -0.0135. The van der Waals surface area contributed by atoms with Crippen molar-refractivity contribution in [2.24, 2.45) is 4.99 Å². The summed E-state index contributed by atoms with van der Waals surface area (Å²) in [5, 5.41) is 37.6. The van der Waals surface area contributed by atoms with E-state index in [1.807, 2.05) is 0 Å². The maximum Gasteiger partial charge on any atom is 0.351 e. The van der Waals surface area contributed by atoms with Crippen LogP contribution in [0, 0.1) is 0 Å². The van der Waals surface area contributed by atoms with Gasteiger partial charge in [-0.25, -0.2) is 14.4 Å². The number of carboxylic acids is 4. The van der Waals surface area contributed by atoms with Crippen molar-refractivity contribution < 1.29 is 39.6 Å². The summed E-state index contributed by atoms with van der Waals surface area (Å²) < 4.78 is 0. The minimum atomic E-state index is -1.48. The molecule has 1 heterocycles. The molecule has 5 N–H and O–H groups in total. The van der Waals surface area contributed by atoms with Gasteiger partial charge in [-0.05, 0) is 17.7 Å². The molecule has 0 aromatic heterocycles. The molecule has 1 aliphatic rings. The summed E-state index contributed by atoms with van der Waals surface area (Å²) in [6, 6.07) is -2.62. The average Bonchev–Trinajstić information content (AvgIpc) is 2.45. The van der Waals surface area contributed by atoms with Crippen LogP contribution in [0.3, 0.4) is 0 Å². The quantitative estimate of drug-likeness (QED) is 0.380. The van der Waals surface area contributed by atoms with E-state index in [0.29, 0.717) is 5.57 Å². The zero-order valence-corrected chi connectivity index (χ0v) is 11.7. The van der Waals surface area contributed by atoms with Crippen LogP contribution in [0.5, 0.6) is 0 Å². The first-order valence-electron chi connectivity index (χ1n) is 6.32. The molecule has 0 fully saturated rings. The molecule has 10 nitrogen and oxygen atoms in total. The van der Waals surface area contributed by atoms with Gasteiger partial charge in [-0.1, -0.05) is 0 Å². The number of hydrogen-bond acceptors (Lipinski definition) is 6. The summed E-state index contributed by atoms with van der Waals surface area (Å²) in [7, 11) is 0. The van der Waals surface area contributed by atoms with Gasteiger partial charge in [0.05, 0.1) is 6.42 Å². The second-order valence-corrected chi connectivity index (χ2v) is 4.59. The van der Waals surface area contributed by atoms with Crippen molar-refractivity contribution in [1.29, 1.82) is 0 Å². The third kappa shape index (κ3) is 5.61. The van der Waals surface area contributed by atoms with Gasteiger partial charge >= 0.3 is 23.9 Å². The number of aliphatic imine (C=N–C) groups is 1. The molecule has 2 atom stereocenters. The highest BCUT2D eigenvalue weighted by Crippen LogP contribution is 2.16. The van der Waals surface area contributed by atoms with E-state index in [1.165, 1.54) is 12.2 Å². The van der Waals surface area contributed by atoms with Crippen molar-refractivity contribution in [3.8, 4) is 0 Å². The molecule has 0 aliphatic carbocycles. The first-order chi connectivity index (χ1) is 10.7. The zero-order chi connectivity index (χ0) is 17.6. The fourth-order valence-corrected chi connectivity index (χ4v) is 1.76. The largest absolute Gasteiger partial charge is 0.481 e. The van der Waals surface area contributed by atoms with Crippen LogP contribution in [0.4, 0.5) is 0 Å². The Kier molecular flexibility index (Phi) is 6.01. The van der Waals surface area contributed by atoms with Crippen molar-refractivity contribution in [2.45, 2.75) is 24.9 Å². The van der Waals surface area contributed by atoms with E-state index >= 15 is 0 Å². The standard InChI is InChI=1S/C13H14N2O8/c16-10(17)5-7(11(18)19)14-2-1-6-3-8(12(20)21)15-9(4-6)13(22)23/h1-3,7,9,15H,4-5H2,(H,16,17)(H,18,19)(H,20,21)(H,22,23)/b6-1-,14-2+. The van der Waals surface area contributed by atoms with Crippen molar-refractivity contribution >= 4 is 30.1 Å². The van der Waals surface area contributed by atoms with Gasteiger partial charge in [0.1, 0.15) is 11.7 Å². The molecular formula is C13H14N2O8. The number of nitrogens with one attached hydrogen (secondary N) is 1. The van der Waals surface area contributed by atoms with Gasteiger partial charge in [-0.15, -0.1) is 0 Å². The molecule has 0 aromatic carbocycles. The van der Waals surface area contributed by atoms with E-state index in [0.717, 1.165) is 6.21 Å². The van der Waals surface area contributed by atoms with Crippen LogP contribution in [0.2, 0.25) is 0 Å². The highest BCUT2D eigenvalue weighted by molar-refractivity contribution is 5.90. The number of aliphatic carboxylic acids is 4. The number of carboxylic acid groups (broad SMARTS) is 4. The van der Waals surface area contributed by atoms with Gasteiger partial charge in [-0.3, -0.25) is 9.79 Å². The molecule has 124 valence electrons. The second kappa shape index (κ2) is 7.73. The molecule has 1 rings (SSSR count). The minimum Gasteiger partial charge on any atom is -0.481 e. The molecule has 0 spiro atoms. The highest BCUT2D eigenvalue weighted by atomic mass is 16.4. The lowest BCUT2D eigenvalue weighted by atomic mass is 10.00. The van der Waals surface area contributed by atoms with Crippen molar-refractivity contribution in [3.05, 3.63) is 23.4 Å². The molecule has 0 aromatic rings. The normalized spacial score (nSPS) is 20.6. The predicted octanol–water partition coefficient (Wildman–Crippen LogP) is -0.673. The SMILES string of the molecule is O=C(O)CC(/N=C/C=C1/C=C(C(=O)O)NC(C(=O)O)C1)C(=O)O. The lowest BCUT2D eigenvalue weighted by Gasteiger charge is -2.21. The number of carbonyl (C=O) groups is 4. The fraction of sp³-hybridized carbons (Fsp3) is 0.308. The van der Waals surface area contributed by atoms with Gasteiger partial charge in [0, 0.05) is 12.6 Å². The van der Waals surface area contributed by atoms with Gasteiger partial charge < -0.3 is 25.7 Å². The van der Waals surface area contributed by atoms with Gasteiger partial charge in [0.2, 0.25) is 0 Å². The summed E-state index contributed by atoms with van der Waals surface area (Å²) in [6.07, 6.45) is 2.73. The molecule has 2 unspecified atom stereocenters. The first-order valence-corrected chi connectivity index (χ1v) is 6.32. The third-order valence-electron chi connectivity index (χ3n) is 2.84. The van der Waals surface area contributed by atoms with Crippen LogP contribution in [0.1, 0.15) is 12.8 Å².